The Morgan fingerprint density at radius 3 is 2.78 bits per heavy atom. The van der Waals surface area contributed by atoms with Gasteiger partial charge in [0.15, 0.2) is 11.6 Å². The average Bonchev–Trinajstić information content (AvgIpc) is 2.26. The van der Waals surface area contributed by atoms with E-state index in [0.29, 0.717) is 5.57 Å². The Balaban J connectivity index is 2.75. The van der Waals surface area contributed by atoms with Crippen LogP contribution in [0.1, 0.15) is 6.92 Å². The minimum atomic E-state index is -1.12. The number of nitro benzene ring substituents is 1. The predicted molar refractivity (Wildman–Crippen MR) is 59.9 cm³/mol. The molecule has 0 heterocycles. The van der Waals surface area contributed by atoms with Gasteiger partial charge in [-0.05, 0) is 18.6 Å². The molecule has 0 fully saturated rings. The van der Waals surface area contributed by atoms with Gasteiger partial charge in [-0.1, -0.05) is 0 Å². The lowest BCUT2D eigenvalue weighted by molar-refractivity contribution is -0.385. The van der Waals surface area contributed by atoms with Gasteiger partial charge in [-0.25, -0.2) is 9.18 Å². The number of benzene rings is 1. The summed E-state index contributed by atoms with van der Waals surface area (Å²) in [4.78, 5) is 20.0. The van der Waals surface area contributed by atoms with E-state index in [9.17, 15) is 19.3 Å². The maximum atomic E-state index is 13.4. The van der Waals surface area contributed by atoms with Gasteiger partial charge < -0.3 is 9.84 Å². The summed E-state index contributed by atoms with van der Waals surface area (Å²) >= 11 is 0. The molecule has 1 aromatic rings. The first-order valence-electron chi connectivity index (χ1n) is 4.87. The molecule has 0 amide bonds. The number of non-ortho nitro benzene ring substituents is 1. The number of hydrogen-bond acceptors (Lipinski definition) is 4. The van der Waals surface area contributed by atoms with Gasteiger partial charge in [0.25, 0.3) is 5.69 Å². The highest BCUT2D eigenvalue weighted by Gasteiger charge is 2.11. The van der Waals surface area contributed by atoms with Crippen molar-refractivity contribution in [1.29, 1.82) is 0 Å². The van der Waals surface area contributed by atoms with Gasteiger partial charge in [-0.3, -0.25) is 10.1 Å². The molecule has 7 heteroatoms. The number of carbonyl (C=O) groups is 1. The van der Waals surface area contributed by atoms with Crippen LogP contribution in [0.25, 0.3) is 0 Å². The Morgan fingerprint density at radius 2 is 2.28 bits per heavy atom. The van der Waals surface area contributed by atoms with Crippen LogP contribution >= 0.6 is 0 Å². The van der Waals surface area contributed by atoms with E-state index in [1.165, 1.54) is 6.92 Å². The zero-order chi connectivity index (χ0) is 13.7. The third-order valence-corrected chi connectivity index (χ3v) is 1.95. The van der Waals surface area contributed by atoms with Crippen LogP contribution < -0.4 is 4.74 Å². The molecular weight excluding hydrogens is 245 g/mol. The van der Waals surface area contributed by atoms with E-state index < -0.39 is 16.7 Å². The lowest BCUT2D eigenvalue weighted by Gasteiger charge is -2.06. The van der Waals surface area contributed by atoms with E-state index >= 15 is 0 Å². The first-order chi connectivity index (χ1) is 8.40. The lowest BCUT2D eigenvalue weighted by atomic mass is 10.3. The Labute approximate surface area is 101 Å². The summed E-state index contributed by atoms with van der Waals surface area (Å²) in [6, 6.07) is 2.97. The maximum Gasteiger partial charge on any atom is 0.328 e. The highest BCUT2D eigenvalue weighted by Crippen LogP contribution is 2.22. The molecule has 0 saturated heterocycles. The SMILES string of the molecule is CC(=CC(=O)O)COc1ccc([N+](=O)[O-])cc1F. The monoisotopic (exact) mass is 255 g/mol. The topological polar surface area (TPSA) is 89.7 Å². The Morgan fingerprint density at radius 1 is 1.61 bits per heavy atom. The van der Waals surface area contributed by atoms with Crippen molar-refractivity contribution in [2.24, 2.45) is 0 Å². The standard InChI is InChI=1S/C11H10FNO5/c1-7(4-11(14)15)6-18-10-3-2-8(13(16)17)5-9(10)12/h2-5H,6H2,1H3,(H,14,15). The van der Waals surface area contributed by atoms with Crippen molar-refractivity contribution in [3.05, 3.63) is 45.8 Å². The van der Waals surface area contributed by atoms with E-state index in [4.69, 9.17) is 9.84 Å². The molecule has 96 valence electrons. The molecule has 0 aliphatic heterocycles. The van der Waals surface area contributed by atoms with Gasteiger partial charge >= 0.3 is 5.97 Å². The van der Waals surface area contributed by atoms with Gasteiger partial charge in [0.05, 0.1) is 11.0 Å². The maximum absolute atomic E-state index is 13.4. The summed E-state index contributed by atoms with van der Waals surface area (Å²) in [7, 11) is 0. The summed E-state index contributed by atoms with van der Waals surface area (Å²) in [5, 5.41) is 18.8. The van der Waals surface area contributed by atoms with Crippen molar-refractivity contribution < 1.29 is 24.0 Å². The van der Waals surface area contributed by atoms with Crippen LogP contribution in [0.5, 0.6) is 5.75 Å². The molecule has 0 bridgehead atoms. The van der Waals surface area contributed by atoms with Crippen molar-refractivity contribution >= 4 is 11.7 Å². The van der Waals surface area contributed by atoms with Crippen molar-refractivity contribution in [2.45, 2.75) is 6.92 Å². The van der Waals surface area contributed by atoms with Gasteiger partial charge in [0.1, 0.15) is 6.61 Å². The van der Waals surface area contributed by atoms with Crippen molar-refractivity contribution in [3.63, 3.8) is 0 Å². The highest BCUT2D eigenvalue weighted by molar-refractivity contribution is 5.80. The molecule has 18 heavy (non-hydrogen) atoms. The fourth-order valence-electron chi connectivity index (χ4n) is 1.16. The molecule has 1 aromatic carbocycles. The second-order valence-electron chi connectivity index (χ2n) is 3.49. The molecule has 0 aliphatic rings. The molecule has 0 unspecified atom stereocenters. The molecule has 1 N–H and O–H groups in total. The van der Waals surface area contributed by atoms with E-state index in [0.717, 1.165) is 24.3 Å². The van der Waals surface area contributed by atoms with Crippen molar-refractivity contribution in [2.75, 3.05) is 6.61 Å². The summed E-state index contributed by atoms with van der Waals surface area (Å²) in [5.41, 5.74) is 0.0119. The molecular formula is C11H10FNO5. The Hall–Kier alpha value is -2.44. The van der Waals surface area contributed by atoms with Crippen molar-refractivity contribution in [1.82, 2.24) is 0 Å². The van der Waals surface area contributed by atoms with Crippen LogP contribution in [-0.2, 0) is 4.79 Å². The minimum absolute atomic E-state index is 0.110. The normalized spacial score (nSPS) is 11.1. The second kappa shape index (κ2) is 5.76. The quantitative estimate of drug-likeness (QED) is 0.494. The van der Waals surface area contributed by atoms with E-state index in [2.05, 4.69) is 0 Å². The van der Waals surface area contributed by atoms with Gasteiger partial charge in [0, 0.05) is 12.1 Å². The molecule has 0 aliphatic carbocycles. The minimum Gasteiger partial charge on any atom is -0.486 e. The number of ether oxygens (including phenoxy) is 1. The smallest absolute Gasteiger partial charge is 0.328 e. The molecule has 0 atom stereocenters. The number of hydrogen-bond donors (Lipinski definition) is 1. The molecule has 0 spiro atoms. The predicted octanol–water partition coefficient (Wildman–Crippen LogP) is 2.14. The van der Waals surface area contributed by atoms with E-state index in [1.807, 2.05) is 0 Å². The third kappa shape index (κ3) is 3.85. The van der Waals surface area contributed by atoms with Gasteiger partial charge in [-0.15, -0.1) is 0 Å². The number of nitrogens with zero attached hydrogens (tertiary/aromatic N) is 1. The Kier molecular flexibility index (Phi) is 4.36. The second-order valence-corrected chi connectivity index (χ2v) is 3.49. The summed E-state index contributed by atoms with van der Waals surface area (Å²) in [5.74, 6) is -2.16. The first kappa shape index (κ1) is 13.6. The first-order valence-corrected chi connectivity index (χ1v) is 4.87. The van der Waals surface area contributed by atoms with E-state index in [-0.39, 0.29) is 18.0 Å². The highest BCUT2D eigenvalue weighted by atomic mass is 19.1. The number of rotatable bonds is 5. The van der Waals surface area contributed by atoms with Crippen LogP contribution in [0.15, 0.2) is 29.8 Å². The number of halogens is 1. The number of carboxylic acid groups (broad SMARTS) is 1. The molecule has 6 nitrogen and oxygen atoms in total. The van der Waals surface area contributed by atoms with Crippen LogP contribution in [-0.4, -0.2) is 22.6 Å². The van der Waals surface area contributed by atoms with Crippen LogP contribution in [0.3, 0.4) is 0 Å². The zero-order valence-electron chi connectivity index (χ0n) is 9.42. The zero-order valence-corrected chi connectivity index (χ0v) is 9.42. The largest absolute Gasteiger partial charge is 0.486 e. The molecule has 1 rings (SSSR count). The van der Waals surface area contributed by atoms with Crippen LogP contribution in [0, 0.1) is 15.9 Å². The fourth-order valence-corrected chi connectivity index (χ4v) is 1.16. The summed E-state index contributed by atoms with van der Waals surface area (Å²) in [6.07, 6.45) is 0.934. The number of aliphatic carboxylic acids is 1. The van der Waals surface area contributed by atoms with Gasteiger partial charge in [-0.2, -0.15) is 0 Å². The van der Waals surface area contributed by atoms with Crippen molar-refractivity contribution in [3.8, 4) is 5.75 Å². The average molecular weight is 255 g/mol. The molecule has 0 aromatic heterocycles. The van der Waals surface area contributed by atoms with Crippen LogP contribution in [0.2, 0.25) is 0 Å². The van der Waals surface area contributed by atoms with Gasteiger partial charge in [0.2, 0.25) is 0 Å². The lowest BCUT2D eigenvalue weighted by Crippen LogP contribution is -2.03. The number of nitro groups is 1. The Bertz CT molecular complexity index is 512. The molecule has 0 radical (unpaired) electrons. The summed E-state index contributed by atoms with van der Waals surface area (Å²) < 4.78 is 18.4. The van der Waals surface area contributed by atoms with Crippen LogP contribution in [0.4, 0.5) is 10.1 Å². The van der Waals surface area contributed by atoms with E-state index in [1.54, 1.807) is 0 Å². The number of carboxylic acids is 1. The summed E-state index contributed by atoms with van der Waals surface area (Å²) in [6.45, 7) is 1.40. The fraction of sp³-hybridized carbons (Fsp3) is 0.182. The third-order valence-electron chi connectivity index (χ3n) is 1.95. The molecule has 0 saturated carbocycles.